The number of piperidine rings is 1. The molecule has 2 atom stereocenters. The summed E-state index contributed by atoms with van der Waals surface area (Å²) < 4.78 is 32.8. The molecule has 1 aromatic carbocycles. The number of nitrogens with zero attached hydrogens (tertiary/aromatic N) is 1. The Morgan fingerprint density at radius 3 is 2.80 bits per heavy atom. The minimum Gasteiger partial charge on any atom is -0.399 e. The highest BCUT2D eigenvalue weighted by molar-refractivity contribution is 9.10. The summed E-state index contributed by atoms with van der Waals surface area (Å²) in [7, 11) is -1.94. The van der Waals surface area contributed by atoms with Crippen molar-refractivity contribution in [3.05, 3.63) is 22.7 Å². The summed E-state index contributed by atoms with van der Waals surface area (Å²) in [5.74, 6) is 0.357. The number of hydrogen-bond acceptors (Lipinski definition) is 4. The maximum Gasteiger partial charge on any atom is 0.244 e. The highest BCUT2D eigenvalue weighted by Crippen LogP contribution is 2.30. The van der Waals surface area contributed by atoms with Crippen molar-refractivity contribution in [1.82, 2.24) is 4.31 Å². The van der Waals surface area contributed by atoms with Gasteiger partial charge in [-0.25, -0.2) is 8.42 Å². The molecule has 20 heavy (non-hydrogen) atoms. The second-order valence-electron chi connectivity index (χ2n) is 5.09. The maximum absolute atomic E-state index is 12.7. The second kappa shape index (κ2) is 6.01. The number of rotatable bonds is 3. The van der Waals surface area contributed by atoms with Crippen LogP contribution in [-0.4, -0.2) is 39.0 Å². The van der Waals surface area contributed by atoms with Crippen LogP contribution in [0.1, 0.15) is 13.3 Å². The molecule has 7 heteroatoms. The van der Waals surface area contributed by atoms with Gasteiger partial charge in [-0.3, -0.25) is 0 Å². The van der Waals surface area contributed by atoms with E-state index in [1.54, 1.807) is 19.2 Å². The van der Waals surface area contributed by atoms with Gasteiger partial charge in [0.25, 0.3) is 0 Å². The molecule has 5 nitrogen and oxygen atoms in total. The molecule has 1 fully saturated rings. The minimum atomic E-state index is -3.56. The third-order valence-corrected chi connectivity index (χ3v) is 6.59. The van der Waals surface area contributed by atoms with Gasteiger partial charge >= 0.3 is 0 Å². The van der Waals surface area contributed by atoms with Crippen molar-refractivity contribution in [2.24, 2.45) is 5.92 Å². The van der Waals surface area contributed by atoms with E-state index in [2.05, 4.69) is 22.9 Å². The number of benzene rings is 1. The number of sulfonamides is 1. The Morgan fingerprint density at radius 2 is 2.15 bits per heavy atom. The first-order chi connectivity index (χ1) is 9.36. The van der Waals surface area contributed by atoms with Crippen LogP contribution in [0.2, 0.25) is 0 Å². The molecule has 1 aliphatic heterocycles. The summed E-state index contributed by atoms with van der Waals surface area (Å²) in [6.45, 7) is 2.96. The highest BCUT2D eigenvalue weighted by atomic mass is 79.9. The fraction of sp³-hybridized carbons (Fsp3) is 0.538. The molecular formula is C13H19BrN2O3S. The van der Waals surface area contributed by atoms with E-state index < -0.39 is 10.0 Å². The standard InChI is InChI=1S/C13H19BrN2O3S/c1-9-5-6-16(8-12(9)19-2)20(17,18)13-7-10(15)3-4-11(13)14/h3-4,7,9,12H,5-6,8,15H2,1-2H3. The van der Waals surface area contributed by atoms with Crippen LogP contribution in [0.25, 0.3) is 0 Å². The smallest absolute Gasteiger partial charge is 0.244 e. The molecule has 0 bridgehead atoms. The third-order valence-electron chi connectivity index (χ3n) is 3.73. The van der Waals surface area contributed by atoms with Gasteiger partial charge < -0.3 is 10.5 Å². The molecule has 2 N–H and O–H groups in total. The lowest BCUT2D eigenvalue weighted by atomic mass is 9.97. The van der Waals surface area contributed by atoms with E-state index in [4.69, 9.17) is 10.5 Å². The van der Waals surface area contributed by atoms with E-state index in [1.165, 1.54) is 10.4 Å². The summed E-state index contributed by atoms with van der Waals surface area (Å²) in [6.07, 6.45) is 0.718. The number of methoxy groups -OCH3 is 1. The molecule has 0 saturated carbocycles. The summed E-state index contributed by atoms with van der Waals surface area (Å²) in [6, 6.07) is 4.81. The van der Waals surface area contributed by atoms with Crippen molar-refractivity contribution in [3.63, 3.8) is 0 Å². The molecule has 1 aliphatic rings. The lowest BCUT2D eigenvalue weighted by molar-refractivity contribution is 0.0183. The monoisotopic (exact) mass is 362 g/mol. The molecule has 0 radical (unpaired) electrons. The second-order valence-corrected chi connectivity index (χ2v) is 7.85. The van der Waals surface area contributed by atoms with Crippen LogP contribution < -0.4 is 5.73 Å². The van der Waals surface area contributed by atoms with Crippen molar-refractivity contribution < 1.29 is 13.2 Å². The Hall–Kier alpha value is -0.630. The Bertz CT molecular complexity index is 591. The molecular weight excluding hydrogens is 344 g/mol. The number of anilines is 1. The summed E-state index contributed by atoms with van der Waals surface area (Å²) in [5.41, 5.74) is 6.13. The fourth-order valence-corrected chi connectivity index (χ4v) is 4.81. The Balaban J connectivity index is 2.33. The van der Waals surface area contributed by atoms with Crippen LogP contribution in [0.4, 0.5) is 5.69 Å². The molecule has 0 aliphatic carbocycles. The highest BCUT2D eigenvalue weighted by Gasteiger charge is 2.34. The van der Waals surface area contributed by atoms with Gasteiger partial charge in [0.15, 0.2) is 0 Å². The zero-order valence-corrected chi connectivity index (χ0v) is 13.9. The molecule has 1 saturated heterocycles. The van der Waals surface area contributed by atoms with Gasteiger partial charge in [-0.15, -0.1) is 0 Å². The lowest BCUT2D eigenvalue weighted by Crippen LogP contribution is -2.46. The van der Waals surface area contributed by atoms with Gasteiger partial charge in [-0.1, -0.05) is 6.92 Å². The van der Waals surface area contributed by atoms with Gasteiger partial charge in [-0.05, 0) is 46.5 Å². The van der Waals surface area contributed by atoms with Crippen LogP contribution >= 0.6 is 15.9 Å². The van der Waals surface area contributed by atoms with Crippen LogP contribution in [0.15, 0.2) is 27.6 Å². The van der Waals surface area contributed by atoms with Crippen molar-refractivity contribution in [3.8, 4) is 0 Å². The van der Waals surface area contributed by atoms with Crippen molar-refractivity contribution in [1.29, 1.82) is 0 Å². The quantitative estimate of drug-likeness (QED) is 0.835. The number of hydrogen-bond donors (Lipinski definition) is 1. The average Bonchev–Trinajstić information content (AvgIpc) is 2.41. The maximum atomic E-state index is 12.7. The number of halogens is 1. The number of ether oxygens (including phenoxy) is 1. The van der Waals surface area contributed by atoms with Crippen LogP contribution in [0, 0.1) is 5.92 Å². The lowest BCUT2D eigenvalue weighted by Gasteiger charge is -2.35. The van der Waals surface area contributed by atoms with E-state index in [-0.39, 0.29) is 11.0 Å². The predicted octanol–water partition coefficient (Wildman–Crippen LogP) is 2.08. The molecule has 112 valence electrons. The first-order valence-electron chi connectivity index (χ1n) is 6.44. The molecule has 1 aromatic rings. The Kier molecular flexibility index (Phi) is 4.73. The van der Waals surface area contributed by atoms with Crippen molar-refractivity contribution in [2.75, 3.05) is 25.9 Å². The van der Waals surface area contributed by atoms with Gasteiger partial charge in [0, 0.05) is 30.4 Å². The molecule has 0 amide bonds. The minimum absolute atomic E-state index is 0.0710. The van der Waals surface area contributed by atoms with E-state index in [1.807, 2.05) is 0 Å². The van der Waals surface area contributed by atoms with Gasteiger partial charge in [0.05, 0.1) is 11.0 Å². The molecule has 0 spiro atoms. The molecule has 2 unspecified atom stereocenters. The molecule has 2 rings (SSSR count). The van der Waals surface area contributed by atoms with E-state index in [0.717, 1.165) is 6.42 Å². The fourth-order valence-electron chi connectivity index (χ4n) is 2.39. The Morgan fingerprint density at radius 1 is 1.45 bits per heavy atom. The SMILES string of the molecule is COC1CN(S(=O)(=O)c2cc(N)ccc2Br)CCC1C. The summed E-state index contributed by atoms with van der Waals surface area (Å²) >= 11 is 3.28. The average molecular weight is 363 g/mol. The van der Waals surface area contributed by atoms with Gasteiger partial charge in [0.2, 0.25) is 10.0 Å². The summed E-state index contributed by atoms with van der Waals surface area (Å²) in [4.78, 5) is 0.210. The largest absolute Gasteiger partial charge is 0.399 e. The normalized spacial score (nSPS) is 24.8. The zero-order chi connectivity index (χ0) is 14.9. The third kappa shape index (κ3) is 3.00. The van der Waals surface area contributed by atoms with Gasteiger partial charge in [-0.2, -0.15) is 4.31 Å². The number of nitrogens with two attached hydrogens (primary N) is 1. The van der Waals surface area contributed by atoms with Crippen molar-refractivity contribution >= 4 is 31.6 Å². The van der Waals surface area contributed by atoms with E-state index in [9.17, 15) is 8.42 Å². The molecule has 0 aromatic heterocycles. The Labute approximate surface area is 128 Å². The topological polar surface area (TPSA) is 72.6 Å². The zero-order valence-electron chi connectivity index (χ0n) is 11.5. The number of nitrogen functional groups attached to an aromatic ring is 1. The van der Waals surface area contributed by atoms with Crippen LogP contribution in [0.3, 0.4) is 0 Å². The summed E-state index contributed by atoms with van der Waals surface area (Å²) in [5, 5.41) is 0. The van der Waals surface area contributed by atoms with Crippen LogP contribution in [0.5, 0.6) is 0 Å². The van der Waals surface area contributed by atoms with Crippen molar-refractivity contribution in [2.45, 2.75) is 24.3 Å². The first kappa shape index (κ1) is 15.8. The van der Waals surface area contributed by atoms with Gasteiger partial charge in [0.1, 0.15) is 0 Å². The van der Waals surface area contributed by atoms with E-state index in [0.29, 0.717) is 29.2 Å². The van der Waals surface area contributed by atoms with Crippen LogP contribution in [-0.2, 0) is 14.8 Å². The first-order valence-corrected chi connectivity index (χ1v) is 8.67. The van der Waals surface area contributed by atoms with E-state index >= 15 is 0 Å². The molecule has 1 heterocycles. The predicted molar refractivity (Wildman–Crippen MR) is 81.9 cm³/mol.